The largest absolute Gasteiger partial charge is 0.310 e. The van der Waals surface area contributed by atoms with Gasteiger partial charge in [-0.1, -0.05) is 13.0 Å². The topological polar surface area (TPSA) is 37.8 Å². The summed E-state index contributed by atoms with van der Waals surface area (Å²) in [5, 5.41) is 3.59. The van der Waals surface area contributed by atoms with Crippen molar-refractivity contribution in [3.05, 3.63) is 36.2 Å². The van der Waals surface area contributed by atoms with Gasteiger partial charge in [-0.15, -0.1) is 12.3 Å². The van der Waals surface area contributed by atoms with Crippen molar-refractivity contribution in [1.82, 2.24) is 15.3 Å². The van der Waals surface area contributed by atoms with Crippen LogP contribution in [0.1, 0.15) is 44.2 Å². The van der Waals surface area contributed by atoms with Crippen molar-refractivity contribution in [3.63, 3.8) is 0 Å². The van der Waals surface area contributed by atoms with Crippen LogP contribution in [0, 0.1) is 12.3 Å². The Balaban J connectivity index is 2.18. The standard InChI is InChI=1S/C17H21N3/c1-3-5-6-7-15(18-10-4-2)14-8-9-16-17(13-14)20-12-11-19-16/h1,8-9,11-13,15,18H,4-7,10H2,2H3. The number of terminal acetylenes is 1. The molecule has 1 N–H and O–H groups in total. The average Bonchev–Trinajstić information content (AvgIpc) is 2.50. The van der Waals surface area contributed by atoms with Crippen molar-refractivity contribution in [3.8, 4) is 12.3 Å². The van der Waals surface area contributed by atoms with Gasteiger partial charge in [0.05, 0.1) is 11.0 Å². The maximum atomic E-state index is 5.34. The fourth-order valence-corrected chi connectivity index (χ4v) is 2.31. The van der Waals surface area contributed by atoms with Crippen molar-refractivity contribution in [2.75, 3.05) is 6.54 Å². The molecule has 2 aromatic rings. The minimum Gasteiger partial charge on any atom is -0.310 e. The first-order valence-electron chi connectivity index (χ1n) is 7.22. The maximum absolute atomic E-state index is 5.34. The number of aromatic nitrogens is 2. The Morgan fingerprint density at radius 3 is 2.80 bits per heavy atom. The molecule has 0 fully saturated rings. The van der Waals surface area contributed by atoms with Gasteiger partial charge < -0.3 is 5.32 Å². The molecule has 0 aliphatic rings. The van der Waals surface area contributed by atoms with E-state index in [0.717, 1.165) is 43.3 Å². The number of rotatable bonds is 7. The molecule has 0 saturated carbocycles. The average molecular weight is 267 g/mol. The number of nitrogens with zero attached hydrogens (tertiary/aromatic N) is 2. The lowest BCUT2D eigenvalue weighted by Gasteiger charge is -2.19. The van der Waals surface area contributed by atoms with Crippen LogP contribution >= 0.6 is 0 Å². The highest BCUT2D eigenvalue weighted by molar-refractivity contribution is 5.74. The molecular weight excluding hydrogens is 246 g/mol. The Morgan fingerprint density at radius 1 is 1.25 bits per heavy atom. The van der Waals surface area contributed by atoms with Crippen molar-refractivity contribution in [2.24, 2.45) is 0 Å². The zero-order valence-corrected chi connectivity index (χ0v) is 12.0. The molecule has 0 aliphatic carbocycles. The number of unbranched alkanes of at least 4 members (excludes halogenated alkanes) is 1. The number of nitrogens with one attached hydrogen (secondary N) is 1. The Bertz CT molecular complexity index is 586. The molecule has 0 spiro atoms. The molecule has 1 atom stereocenters. The Morgan fingerprint density at radius 2 is 2.05 bits per heavy atom. The third kappa shape index (κ3) is 3.79. The highest BCUT2D eigenvalue weighted by atomic mass is 14.9. The summed E-state index contributed by atoms with van der Waals surface area (Å²) < 4.78 is 0. The lowest BCUT2D eigenvalue weighted by Crippen LogP contribution is -2.22. The maximum Gasteiger partial charge on any atom is 0.0890 e. The quantitative estimate of drug-likeness (QED) is 0.616. The Hall–Kier alpha value is -1.92. The molecule has 1 unspecified atom stereocenters. The predicted molar refractivity (Wildman–Crippen MR) is 83.3 cm³/mol. The van der Waals surface area contributed by atoms with Crippen molar-refractivity contribution in [1.29, 1.82) is 0 Å². The minimum absolute atomic E-state index is 0.342. The second-order valence-corrected chi connectivity index (χ2v) is 4.91. The highest BCUT2D eigenvalue weighted by Crippen LogP contribution is 2.22. The van der Waals surface area contributed by atoms with Crippen LogP contribution in [0.4, 0.5) is 0 Å². The predicted octanol–water partition coefficient (Wildman–Crippen LogP) is 3.47. The van der Waals surface area contributed by atoms with E-state index in [0.29, 0.717) is 6.04 Å². The minimum atomic E-state index is 0.342. The summed E-state index contributed by atoms with van der Waals surface area (Å²) in [5.41, 5.74) is 3.16. The summed E-state index contributed by atoms with van der Waals surface area (Å²) >= 11 is 0. The van der Waals surface area contributed by atoms with Crippen LogP contribution in [0.15, 0.2) is 30.6 Å². The second-order valence-electron chi connectivity index (χ2n) is 4.91. The monoisotopic (exact) mass is 267 g/mol. The van der Waals surface area contributed by atoms with Crippen molar-refractivity contribution in [2.45, 2.75) is 38.6 Å². The van der Waals surface area contributed by atoms with Gasteiger partial charge >= 0.3 is 0 Å². The van der Waals surface area contributed by atoms with E-state index in [1.807, 2.05) is 6.07 Å². The van der Waals surface area contributed by atoms with Crippen molar-refractivity contribution < 1.29 is 0 Å². The summed E-state index contributed by atoms with van der Waals surface area (Å²) in [5.74, 6) is 2.71. The summed E-state index contributed by atoms with van der Waals surface area (Å²) in [6, 6.07) is 6.65. The molecule has 0 bridgehead atoms. The molecule has 20 heavy (non-hydrogen) atoms. The van der Waals surface area contributed by atoms with Crippen molar-refractivity contribution >= 4 is 11.0 Å². The van der Waals surface area contributed by atoms with Crippen LogP contribution in [0.25, 0.3) is 11.0 Å². The summed E-state index contributed by atoms with van der Waals surface area (Å²) in [6.45, 7) is 3.19. The van der Waals surface area contributed by atoms with Gasteiger partial charge in [-0.3, -0.25) is 9.97 Å². The molecule has 0 saturated heterocycles. The third-order valence-corrected chi connectivity index (χ3v) is 3.35. The number of benzene rings is 1. The van der Waals surface area contributed by atoms with E-state index >= 15 is 0 Å². The van der Waals surface area contributed by atoms with Crippen LogP contribution in [-0.2, 0) is 0 Å². The molecule has 1 heterocycles. The van der Waals surface area contributed by atoms with E-state index in [4.69, 9.17) is 6.42 Å². The first-order chi connectivity index (χ1) is 9.85. The molecule has 0 aliphatic heterocycles. The SMILES string of the molecule is C#CCCCC(NCCC)c1ccc2nccnc2c1. The normalized spacial score (nSPS) is 12.2. The fourth-order valence-electron chi connectivity index (χ4n) is 2.31. The first kappa shape index (κ1) is 14.5. The van der Waals surface area contributed by atoms with Crippen LogP contribution in [0.2, 0.25) is 0 Å². The molecule has 0 amide bonds. The van der Waals surface area contributed by atoms with Gasteiger partial charge in [0, 0.05) is 24.9 Å². The zero-order chi connectivity index (χ0) is 14.2. The number of hydrogen-bond donors (Lipinski definition) is 1. The number of hydrogen-bond acceptors (Lipinski definition) is 3. The van der Waals surface area contributed by atoms with Crippen LogP contribution in [0.5, 0.6) is 0 Å². The smallest absolute Gasteiger partial charge is 0.0890 e. The van der Waals surface area contributed by atoms with Gasteiger partial charge in [0.2, 0.25) is 0 Å². The first-order valence-corrected chi connectivity index (χ1v) is 7.22. The summed E-state index contributed by atoms with van der Waals surface area (Å²) in [4.78, 5) is 8.69. The van der Waals surface area contributed by atoms with E-state index in [1.165, 1.54) is 5.56 Å². The molecule has 104 valence electrons. The lowest BCUT2D eigenvalue weighted by molar-refractivity contribution is 0.488. The molecule has 1 aromatic heterocycles. The van der Waals surface area contributed by atoms with Crippen LogP contribution in [-0.4, -0.2) is 16.5 Å². The van der Waals surface area contributed by atoms with Gasteiger partial charge in [0.15, 0.2) is 0 Å². The zero-order valence-electron chi connectivity index (χ0n) is 12.0. The van der Waals surface area contributed by atoms with Gasteiger partial charge in [0.1, 0.15) is 0 Å². The van der Waals surface area contributed by atoms with Crippen LogP contribution < -0.4 is 5.32 Å². The Labute approximate surface area is 120 Å². The van der Waals surface area contributed by atoms with E-state index in [1.54, 1.807) is 12.4 Å². The third-order valence-electron chi connectivity index (χ3n) is 3.35. The van der Waals surface area contributed by atoms with Gasteiger partial charge in [-0.2, -0.15) is 0 Å². The lowest BCUT2D eigenvalue weighted by atomic mass is 10.00. The van der Waals surface area contributed by atoms with E-state index in [-0.39, 0.29) is 0 Å². The van der Waals surface area contributed by atoms with E-state index in [2.05, 4.69) is 40.3 Å². The van der Waals surface area contributed by atoms with E-state index in [9.17, 15) is 0 Å². The number of fused-ring (bicyclic) bond motifs is 1. The highest BCUT2D eigenvalue weighted by Gasteiger charge is 2.11. The van der Waals surface area contributed by atoms with Crippen LogP contribution in [0.3, 0.4) is 0 Å². The molecule has 1 aromatic carbocycles. The molecule has 3 heteroatoms. The fraction of sp³-hybridized carbons (Fsp3) is 0.412. The molecular formula is C17H21N3. The molecule has 0 radical (unpaired) electrons. The molecule has 3 nitrogen and oxygen atoms in total. The van der Waals surface area contributed by atoms with Gasteiger partial charge in [-0.25, -0.2) is 0 Å². The van der Waals surface area contributed by atoms with Gasteiger partial charge in [0.25, 0.3) is 0 Å². The van der Waals surface area contributed by atoms with E-state index < -0.39 is 0 Å². The second kappa shape index (κ2) is 7.62. The summed E-state index contributed by atoms with van der Waals surface area (Å²) in [7, 11) is 0. The Kier molecular flexibility index (Phi) is 5.52. The summed E-state index contributed by atoms with van der Waals surface area (Å²) in [6.07, 6.45) is 12.8. The van der Waals surface area contributed by atoms with Gasteiger partial charge in [-0.05, 0) is 43.5 Å². The molecule has 2 rings (SSSR count).